The van der Waals surface area contributed by atoms with Gasteiger partial charge in [0.15, 0.2) is 0 Å². The molecule has 0 aromatic carbocycles. The average molecular weight is 214 g/mol. The van der Waals surface area contributed by atoms with Crippen LogP contribution in [0.1, 0.15) is 26.7 Å². The van der Waals surface area contributed by atoms with Crippen molar-refractivity contribution in [3.8, 4) is 0 Å². The zero-order valence-electron chi connectivity index (χ0n) is 9.79. The number of carbonyl (C=O) groups excluding carboxylic acids is 1. The van der Waals surface area contributed by atoms with Gasteiger partial charge in [0.25, 0.3) is 0 Å². The van der Waals surface area contributed by atoms with Crippen LogP contribution >= 0.6 is 0 Å². The van der Waals surface area contributed by atoms with Gasteiger partial charge in [0.2, 0.25) is 5.91 Å². The Morgan fingerprint density at radius 3 is 2.53 bits per heavy atom. The second kappa shape index (κ2) is 5.47. The van der Waals surface area contributed by atoms with Crippen LogP contribution in [0.5, 0.6) is 0 Å². The van der Waals surface area contributed by atoms with Crippen LogP contribution in [-0.2, 0) is 9.53 Å². The summed E-state index contributed by atoms with van der Waals surface area (Å²) in [5.41, 5.74) is 5.57. The number of amides is 1. The molecule has 0 saturated carbocycles. The van der Waals surface area contributed by atoms with Crippen molar-refractivity contribution >= 4 is 5.91 Å². The minimum Gasteiger partial charge on any atom is -0.381 e. The van der Waals surface area contributed by atoms with Crippen LogP contribution in [0.3, 0.4) is 0 Å². The van der Waals surface area contributed by atoms with Crippen LogP contribution in [0.25, 0.3) is 0 Å². The van der Waals surface area contributed by atoms with E-state index < -0.39 is 0 Å². The summed E-state index contributed by atoms with van der Waals surface area (Å²) in [6.07, 6.45) is 2.03. The molecule has 0 aromatic rings. The van der Waals surface area contributed by atoms with E-state index in [9.17, 15) is 4.79 Å². The summed E-state index contributed by atoms with van der Waals surface area (Å²) in [5.74, 6) is 0.0634. The number of rotatable bonds is 4. The van der Waals surface area contributed by atoms with Crippen molar-refractivity contribution in [3.05, 3.63) is 0 Å². The monoisotopic (exact) mass is 214 g/mol. The number of carbonyl (C=O) groups is 1. The van der Waals surface area contributed by atoms with E-state index in [0.717, 1.165) is 39.1 Å². The quantitative estimate of drug-likeness (QED) is 0.746. The lowest BCUT2D eigenvalue weighted by molar-refractivity contribution is -0.132. The van der Waals surface area contributed by atoms with E-state index in [1.54, 1.807) is 0 Å². The summed E-state index contributed by atoms with van der Waals surface area (Å²) in [6.45, 7) is 7.57. The number of likely N-dealkylation sites (tertiary alicyclic amines) is 1. The second-order valence-electron chi connectivity index (χ2n) is 4.53. The molecule has 0 radical (unpaired) electrons. The van der Waals surface area contributed by atoms with Gasteiger partial charge < -0.3 is 15.4 Å². The normalized spacial score (nSPS) is 20.3. The van der Waals surface area contributed by atoms with Gasteiger partial charge in [-0.15, -0.1) is 0 Å². The second-order valence-corrected chi connectivity index (χ2v) is 4.53. The maximum atomic E-state index is 11.4. The third-order valence-electron chi connectivity index (χ3n) is 3.15. The van der Waals surface area contributed by atoms with Crippen molar-refractivity contribution in [1.82, 2.24) is 4.90 Å². The summed E-state index contributed by atoms with van der Waals surface area (Å²) in [7, 11) is 0. The maximum Gasteiger partial charge on any atom is 0.236 e. The Hall–Kier alpha value is -0.610. The first-order valence-corrected chi connectivity index (χ1v) is 5.67. The molecule has 2 N–H and O–H groups in total. The van der Waals surface area contributed by atoms with E-state index in [1.165, 1.54) is 0 Å². The lowest BCUT2D eigenvalue weighted by atomic mass is 9.81. The Balaban J connectivity index is 2.37. The third-order valence-corrected chi connectivity index (χ3v) is 3.15. The lowest BCUT2D eigenvalue weighted by Crippen LogP contribution is -2.45. The van der Waals surface area contributed by atoms with Gasteiger partial charge in [-0.25, -0.2) is 0 Å². The molecule has 88 valence electrons. The van der Waals surface area contributed by atoms with Gasteiger partial charge in [-0.3, -0.25) is 4.79 Å². The summed E-state index contributed by atoms with van der Waals surface area (Å²) >= 11 is 0. The fourth-order valence-electron chi connectivity index (χ4n) is 1.92. The molecule has 0 aromatic heterocycles. The molecule has 15 heavy (non-hydrogen) atoms. The van der Waals surface area contributed by atoms with E-state index >= 15 is 0 Å². The van der Waals surface area contributed by atoms with E-state index in [-0.39, 0.29) is 17.9 Å². The Morgan fingerprint density at radius 2 is 2.07 bits per heavy atom. The minimum absolute atomic E-state index is 0.0634. The van der Waals surface area contributed by atoms with Gasteiger partial charge in [0, 0.05) is 19.7 Å². The molecule has 4 nitrogen and oxygen atoms in total. The van der Waals surface area contributed by atoms with E-state index in [0.29, 0.717) is 0 Å². The minimum atomic E-state index is 0.0634. The SMILES string of the molecule is CCOCC1(C)CCN(C(=O)CN)CC1. The van der Waals surface area contributed by atoms with Crippen molar-refractivity contribution in [3.63, 3.8) is 0 Å². The number of ether oxygens (including phenoxy) is 1. The van der Waals surface area contributed by atoms with Gasteiger partial charge in [-0.2, -0.15) is 0 Å². The Labute approximate surface area is 91.8 Å². The van der Waals surface area contributed by atoms with Crippen LogP contribution in [0, 0.1) is 5.41 Å². The van der Waals surface area contributed by atoms with Crippen molar-refractivity contribution in [2.24, 2.45) is 11.1 Å². The van der Waals surface area contributed by atoms with E-state index in [1.807, 2.05) is 11.8 Å². The summed E-state index contributed by atoms with van der Waals surface area (Å²) in [5, 5.41) is 0. The molecular formula is C11H22N2O2. The first-order valence-electron chi connectivity index (χ1n) is 5.67. The van der Waals surface area contributed by atoms with Crippen LogP contribution in [0.2, 0.25) is 0 Å². The molecule has 1 rings (SSSR count). The molecule has 1 aliphatic heterocycles. The highest BCUT2D eigenvalue weighted by Crippen LogP contribution is 2.30. The van der Waals surface area contributed by atoms with Crippen LogP contribution in [-0.4, -0.2) is 43.7 Å². The third kappa shape index (κ3) is 3.47. The molecule has 0 aliphatic carbocycles. The Bertz CT molecular complexity index is 211. The molecule has 0 spiro atoms. The Morgan fingerprint density at radius 1 is 1.47 bits per heavy atom. The zero-order chi connectivity index (χ0) is 11.3. The molecule has 1 aliphatic rings. The van der Waals surface area contributed by atoms with Crippen molar-refractivity contribution in [2.75, 3.05) is 32.8 Å². The zero-order valence-corrected chi connectivity index (χ0v) is 9.79. The highest BCUT2D eigenvalue weighted by Gasteiger charge is 2.31. The van der Waals surface area contributed by atoms with Gasteiger partial charge in [0.05, 0.1) is 13.2 Å². The molecule has 1 heterocycles. The summed E-state index contributed by atoms with van der Waals surface area (Å²) in [4.78, 5) is 13.2. The van der Waals surface area contributed by atoms with Crippen molar-refractivity contribution < 1.29 is 9.53 Å². The standard InChI is InChI=1S/C11H22N2O2/c1-3-15-9-11(2)4-6-13(7-5-11)10(14)8-12/h3-9,12H2,1-2H3. The number of hydrogen-bond acceptors (Lipinski definition) is 3. The number of nitrogens with zero attached hydrogens (tertiary/aromatic N) is 1. The summed E-state index contributed by atoms with van der Waals surface area (Å²) in [6, 6.07) is 0. The number of piperidine rings is 1. The average Bonchev–Trinajstić information content (AvgIpc) is 2.26. The van der Waals surface area contributed by atoms with Crippen molar-refractivity contribution in [2.45, 2.75) is 26.7 Å². The number of nitrogens with two attached hydrogens (primary N) is 1. The summed E-state index contributed by atoms with van der Waals surface area (Å²) < 4.78 is 5.47. The van der Waals surface area contributed by atoms with Gasteiger partial charge >= 0.3 is 0 Å². The highest BCUT2D eigenvalue weighted by atomic mass is 16.5. The first kappa shape index (κ1) is 12.5. The van der Waals surface area contributed by atoms with Crippen LogP contribution < -0.4 is 5.73 Å². The molecular weight excluding hydrogens is 192 g/mol. The van der Waals surface area contributed by atoms with Crippen LogP contribution in [0.4, 0.5) is 0 Å². The fourth-order valence-corrected chi connectivity index (χ4v) is 1.92. The molecule has 1 amide bonds. The highest BCUT2D eigenvalue weighted by molar-refractivity contribution is 5.78. The largest absolute Gasteiger partial charge is 0.381 e. The topological polar surface area (TPSA) is 55.6 Å². The van der Waals surface area contributed by atoms with Crippen molar-refractivity contribution in [1.29, 1.82) is 0 Å². The van der Waals surface area contributed by atoms with Gasteiger partial charge in [-0.05, 0) is 25.2 Å². The van der Waals surface area contributed by atoms with E-state index in [4.69, 9.17) is 10.5 Å². The molecule has 0 unspecified atom stereocenters. The number of hydrogen-bond donors (Lipinski definition) is 1. The molecule has 1 fully saturated rings. The molecule has 0 atom stereocenters. The Kier molecular flexibility index (Phi) is 4.54. The van der Waals surface area contributed by atoms with E-state index in [2.05, 4.69) is 6.92 Å². The smallest absolute Gasteiger partial charge is 0.236 e. The fraction of sp³-hybridized carbons (Fsp3) is 0.909. The molecule has 1 saturated heterocycles. The molecule has 4 heteroatoms. The lowest BCUT2D eigenvalue weighted by Gasteiger charge is -2.39. The van der Waals surface area contributed by atoms with Gasteiger partial charge in [-0.1, -0.05) is 6.92 Å². The first-order chi connectivity index (χ1) is 7.11. The van der Waals surface area contributed by atoms with Crippen LogP contribution in [0.15, 0.2) is 0 Å². The van der Waals surface area contributed by atoms with Gasteiger partial charge in [0.1, 0.15) is 0 Å². The maximum absolute atomic E-state index is 11.4. The predicted molar refractivity (Wildman–Crippen MR) is 59.5 cm³/mol. The predicted octanol–water partition coefficient (Wildman–Crippen LogP) is 0.610. The molecule has 0 bridgehead atoms.